The molecule has 0 fully saturated rings. The van der Waals surface area contributed by atoms with Crippen LogP contribution < -0.4 is 5.56 Å². The quantitative estimate of drug-likeness (QED) is 0.404. The zero-order valence-corrected chi connectivity index (χ0v) is 18.9. The van der Waals surface area contributed by atoms with Crippen LogP contribution in [0.1, 0.15) is 31.4 Å². The van der Waals surface area contributed by atoms with Crippen molar-refractivity contribution in [3.63, 3.8) is 0 Å². The number of aromatic amines is 1. The highest BCUT2D eigenvalue weighted by molar-refractivity contribution is 7.98. The maximum atomic E-state index is 13.4. The molecule has 0 aliphatic rings. The molecule has 170 valence electrons. The molecule has 0 amide bonds. The minimum Gasteiger partial charge on any atom is -0.281 e. The van der Waals surface area contributed by atoms with Crippen LogP contribution in [0.3, 0.4) is 0 Å². The maximum Gasteiger partial charge on any atom is 0.412 e. The van der Waals surface area contributed by atoms with Crippen molar-refractivity contribution in [1.82, 2.24) is 19.7 Å². The van der Waals surface area contributed by atoms with Crippen LogP contribution in [-0.2, 0) is 5.75 Å². The van der Waals surface area contributed by atoms with E-state index in [1.54, 1.807) is 6.92 Å². The molecule has 0 spiro atoms. The molecule has 1 heterocycles. The molecular weight excluding hydrogens is 437 g/mol. The molecule has 0 aliphatic carbocycles. The minimum atomic E-state index is -4.52. The Morgan fingerprint density at radius 2 is 2.03 bits per heavy atom. The summed E-state index contributed by atoms with van der Waals surface area (Å²) in [7, 11) is 0. The van der Waals surface area contributed by atoms with Gasteiger partial charge in [-0.2, -0.15) is 18.3 Å². The monoisotopic (exact) mass is 462 g/mol. The number of thioether (sulfide) groups is 1. The second-order valence-corrected chi connectivity index (χ2v) is 7.73. The van der Waals surface area contributed by atoms with E-state index in [0.29, 0.717) is 10.9 Å². The summed E-state index contributed by atoms with van der Waals surface area (Å²) in [4.78, 5) is 17.0. The van der Waals surface area contributed by atoms with Gasteiger partial charge >= 0.3 is 6.18 Å². The van der Waals surface area contributed by atoms with Gasteiger partial charge in [0, 0.05) is 23.7 Å². The van der Waals surface area contributed by atoms with Crippen molar-refractivity contribution in [2.24, 2.45) is 0 Å². The number of halogens is 3. The van der Waals surface area contributed by atoms with Crippen LogP contribution in [-0.4, -0.2) is 25.9 Å². The number of rotatable bonds is 7. The first-order chi connectivity index (χ1) is 15.2. The third-order valence-electron chi connectivity index (χ3n) is 4.68. The first kappa shape index (κ1) is 25.2. The third-order valence-corrected chi connectivity index (χ3v) is 5.61. The van der Waals surface area contributed by atoms with Gasteiger partial charge in [0.15, 0.2) is 5.16 Å². The number of allylic oxidation sites excluding steroid dienone is 5. The predicted octanol–water partition coefficient (Wildman–Crippen LogP) is 6.01. The van der Waals surface area contributed by atoms with E-state index in [1.165, 1.54) is 36.3 Å². The first-order valence-electron chi connectivity index (χ1n) is 9.83. The second-order valence-electron chi connectivity index (χ2n) is 6.77. The standard InChI is InChI=1S/C23H25F3N4OS/c1-5-9-20(19(6-2)17(4)23(24,25)26)30-13-12-27-22(29-28-14-21(30)31)32-15-18-11-8-7-10-16(18)3/h5,7-14H,1,6,15H2,2-4H3,(H,27,29)/b13-12?,19-17+,20-9+,28-14?. The fraction of sp³-hybridized carbons (Fsp3) is 0.261. The van der Waals surface area contributed by atoms with Gasteiger partial charge in [-0.25, -0.2) is 4.98 Å². The molecule has 1 aromatic heterocycles. The smallest absolute Gasteiger partial charge is 0.281 e. The minimum absolute atomic E-state index is 0.0193. The van der Waals surface area contributed by atoms with Gasteiger partial charge in [-0.15, -0.1) is 0 Å². The van der Waals surface area contributed by atoms with Crippen LogP contribution in [0.2, 0.25) is 0 Å². The third kappa shape index (κ3) is 6.71. The van der Waals surface area contributed by atoms with Gasteiger partial charge in [0.05, 0.1) is 5.70 Å². The zero-order chi connectivity index (χ0) is 23.7. The topological polar surface area (TPSA) is 63.6 Å². The average molecular weight is 463 g/mol. The van der Waals surface area contributed by atoms with Crippen molar-refractivity contribution in [2.75, 3.05) is 0 Å². The van der Waals surface area contributed by atoms with E-state index in [0.717, 1.165) is 28.8 Å². The van der Waals surface area contributed by atoms with E-state index in [2.05, 4.69) is 21.8 Å². The highest BCUT2D eigenvalue weighted by atomic mass is 32.2. The van der Waals surface area contributed by atoms with E-state index in [1.807, 2.05) is 31.2 Å². The Labute approximate surface area is 189 Å². The van der Waals surface area contributed by atoms with E-state index >= 15 is 0 Å². The number of H-pyrrole nitrogens is 1. The van der Waals surface area contributed by atoms with Gasteiger partial charge in [-0.1, -0.05) is 55.6 Å². The Hall–Kier alpha value is -3.07. The van der Waals surface area contributed by atoms with Gasteiger partial charge < -0.3 is 0 Å². The highest BCUT2D eigenvalue weighted by Gasteiger charge is 2.33. The second kappa shape index (κ2) is 11.5. The molecule has 0 atom stereocenters. The van der Waals surface area contributed by atoms with E-state index in [4.69, 9.17) is 0 Å². The van der Waals surface area contributed by atoms with E-state index in [-0.39, 0.29) is 17.7 Å². The number of alkyl halides is 3. The summed E-state index contributed by atoms with van der Waals surface area (Å²) in [5.74, 6) is 0.634. The lowest BCUT2D eigenvalue weighted by molar-refractivity contribution is -0.0920. The fourth-order valence-electron chi connectivity index (χ4n) is 2.91. The Morgan fingerprint density at radius 3 is 2.66 bits per heavy atom. The summed E-state index contributed by atoms with van der Waals surface area (Å²) < 4.78 is 41.2. The molecule has 5 nitrogen and oxygen atoms in total. The molecule has 32 heavy (non-hydrogen) atoms. The average Bonchev–Trinajstić information content (AvgIpc) is 2.83. The number of nitrogens with one attached hydrogen (secondary N) is 1. The fourth-order valence-corrected chi connectivity index (χ4v) is 3.78. The van der Waals surface area contributed by atoms with Gasteiger partial charge in [0.2, 0.25) is 0 Å². The highest BCUT2D eigenvalue weighted by Crippen LogP contribution is 2.33. The summed E-state index contributed by atoms with van der Waals surface area (Å²) in [6, 6.07) is 7.93. The van der Waals surface area contributed by atoms with E-state index < -0.39 is 17.3 Å². The van der Waals surface area contributed by atoms with Crippen LogP contribution in [0, 0.1) is 6.92 Å². The van der Waals surface area contributed by atoms with Crippen LogP contribution >= 0.6 is 11.8 Å². The Bertz CT molecular complexity index is 1130. The van der Waals surface area contributed by atoms with Crippen molar-refractivity contribution < 1.29 is 13.2 Å². The molecule has 0 saturated heterocycles. The SMILES string of the molecule is C=C/C=C(\C(CC)=C(/C)C(F)(F)F)n1ccnc(SCc2ccccc2C)[nH]ncc1=O. The number of hydrogen-bond acceptors (Lipinski definition) is 4. The van der Waals surface area contributed by atoms with Crippen LogP contribution in [0.25, 0.3) is 5.70 Å². The van der Waals surface area contributed by atoms with Crippen molar-refractivity contribution in [2.45, 2.75) is 44.3 Å². The summed E-state index contributed by atoms with van der Waals surface area (Å²) in [5.41, 5.74) is 0.919. The molecular formula is C23H25F3N4OS. The van der Waals surface area contributed by atoms with Gasteiger partial charge in [0.1, 0.15) is 6.20 Å². The van der Waals surface area contributed by atoms with E-state index in [9.17, 15) is 18.0 Å². The summed E-state index contributed by atoms with van der Waals surface area (Å²) in [6.45, 7) is 8.18. The molecule has 9 heteroatoms. The summed E-state index contributed by atoms with van der Waals surface area (Å²) in [6.07, 6.45) is 1.94. The number of aromatic nitrogens is 4. The lowest BCUT2D eigenvalue weighted by Gasteiger charge is -2.17. The predicted molar refractivity (Wildman–Crippen MR) is 123 cm³/mol. The molecule has 1 aromatic carbocycles. The zero-order valence-electron chi connectivity index (χ0n) is 18.1. The lowest BCUT2D eigenvalue weighted by Crippen LogP contribution is -2.20. The normalized spacial score (nSPS) is 12.8. The molecule has 2 aromatic rings. The molecule has 0 aliphatic heterocycles. The lowest BCUT2D eigenvalue weighted by atomic mass is 10.0. The summed E-state index contributed by atoms with van der Waals surface area (Å²) >= 11 is 1.39. The number of aryl methyl sites for hydroxylation is 1. The van der Waals surface area contributed by atoms with Crippen LogP contribution in [0.15, 0.2) is 82.7 Å². The Morgan fingerprint density at radius 1 is 1.31 bits per heavy atom. The maximum absolute atomic E-state index is 13.4. The van der Waals surface area contributed by atoms with Gasteiger partial charge in [-0.3, -0.25) is 14.5 Å². The number of nitrogens with zero attached hydrogens (tertiary/aromatic N) is 3. The Balaban J connectivity index is 2.51. The van der Waals surface area contributed by atoms with Gasteiger partial charge in [-0.05, 0) is 43.0 Å². The number of benzene rings is 1. The van der Waals surface area contributed by atoms with Gasteiger partial charge in [0.25, 0.3) is 5.56 Å². The molecule has 1 N–H and O–H groups in total. The first-order valence-corrected chi connectivity index (χ1v) is 10.8. The van der Waals surface area contributed by atoms with Crippen LogP contribution in [0.4, 0.5) is 13.2 Å². The van der Waals surface area contributed by atoms with Crippen molar-refractivity contribution >= 4 is 17.5 Å². The molecule has 2 rings (SSSR count). The molecule has 0 unspecified atom stereocenters. The van der Waals surface area contributed by atoms with Crippen molar-refractivity contribution in [3.05, 3.63) is 94.2 Å². The molecule has 0 bridgehead atoms. The summed E-state index contributed by atoms with van der Waals surface area (Å²) in [5, 5.41) is 7.07. The van der Waals surface area contributed by atoms with Crippen molar-refractivity contribution in [3.8, 4) is 0 Å². The van der Waals surface area contributed by atoms with Crippen molar-refractivity contribution in [1.29, 1.82) is 0 Å². The largest absolute Gasteiger partial charge is 0.412 e. The number of hydrogen-bond donors (Lipinski definition) is 1. The molecule has 0 saturated carbocycles. The molecule has 0 radical (unpaired) electrons. The Kier molecular flexibility index (Phi) is 9.07. The van der Waals surface area contributed by atoms with Crippen LogP contribution in [0.5, 0.6) is 0 Å².